The molecule has 0 aliphatic carbocycles. The lowest BCUT2D eigenvalue weighted by atomic mass is 10.1. The number of rotatable bonds is 9. The fraction of sp³-hybridized carbons (Fsp3) is 0.556. The maximum absolute atomic E-state index is 3.50. The molecule has 0 spiro atoms. The Bertz CT molecular complexity index is 541. The van der Waals surface area contributed by atoms with Crippen molar-refractivity contribution in [3.05, 3.63) is 34.7 Å². The van der Waals surface area contributed by atoms with Crippen molar-refractivity contribution in [2.75, 3.05) is 19.6 Å². The highest BCUT2D eigenvalue weighted by atomic mass is 32.1. The molecule has 3 heteroatoms. The standard InChI is InChI=1S/C18H28N2S/c1-4-11-20(12-5-2)14-16-15-9-7-8-10-17(15)21-18(16)13-19-6-3/h7-10,19H,4-6,11-14H2,1-3H3. The Hall–Kier alpha value is -0.900. The van der Waals surface area contributed by atoms with Gasteiger partial charge in [0.05, 0.1) is 0 Å². The van der Waals surface area contributed by atoms with Gasteiger partial charge >= 0.3 is 0 Å². The van der Waals surface area contributed by atoms with Crippen molar-refractivity contribution < 1.29 is 0 Å². The van der Waals surface area contributed by atoms with Gasteiger partial charge in [0, 0.05) is 22.7 Å². The number of fused-ring (bicyclic) bond motifs is 1. The second-order valence-electron chi connectivity index (χ2n) is 5.56. The zero-order chi connectivity index (χ0) is 15.1. The molecule has 0 amide bonds. The van der Waals surface area contributed by atoms with E-state index in [1.807, 2.05) is 11.3 Å². The molecule has 2 aromatic rings. The van der Waals surface area contributed by atoms with Crippen LogP contribution in [0.1, 0.15) is 44.1 Å². The van der Waals surface area contributed by atoms with Crippen LogP contribution in [-0.2, 0) is 13.1 Å². The van der Waals surface area contributed by atoms with Gasteiger partial charge in [0.15, 0.2) is 0 Å². The maximum Gasteiger partial charge on any atom is 0.0349 e. The van der Waals surface area contributed by atoms with Crippen LogP contribution in [-0.4, -0.2) is 24.5 Å². The first-order valence-electron chi connectivity index (χ1n) is 8.22. The summed E-state index contributed by atoms with van der Waals surface area (Å²) in [7, 11) is 0. The van der Waals surface area contributed by atoms with Crippen molar-refractivity contribution in [2.45, 2.75) is 46.7 Å². The molecule has 2 rings (SSSR count). The zero-order valence-corrected chi connectivity index (χ0v) is 14.4. The molecule has 0 saturated carbocycles. The summed E-state index contributed by atoms with van der Waals surface area (Å²) in [5, 5.41) is 4.95. The van der Waals surface area contributed by atoms with Gasteiger partial charge in [0.1, 0.15) is 0 Å². The molecule has 1 aromatic carbocycles. The quantitative estimate of drug-likeness (QED) is 0.726. The first kappa shape index (κ1) is 16.5. The van der Waals surface area contributed by atoms with Crippen LogP contribution in [0.15, 0.2) is 24.3 Å². The molecule has 2 nitrogen and oxygen atoms in total. The second kappa shape index (κ2) is 8.52. The Morgan fingerprint density at radius 2 is 1.76 bits per heavy atom. The van der Waals surface area contributed by atoms with E-state index >= 15 is 0 Å². The van der Waals surface area contributed by atoms with Gasteiger partial charge in [-0.3, -0.25) is 4.90 Å². The van der Waals surface area contributed by atoms with Gasteiger partial charge in [-0.05, 0) is 49.5 Å². The van der Waals surface area contributed by atoms with Gasteiger partial charge in [-0.2, -0.15) is 0 Å². The van der Waals surface area contributed by atoms with Gasteiger partial charge in [0.2, 0.25) is 0 Å². The maximum atomic E-state index is 3.50. The minimum atomic E-state index is 0.997. The van der Waals surface area contributed by atoms with Crippen molar-refractivity contribution in [3.63, 3.8) is 0 Å². The smallest absolute Gasteiger partial charge is 0.0349 e. The van der Waals surface area contributed by atoms with E-state index in [9.17, 15) is 0 Å². The van der Waals surface area contributed by atoms with Crippen LogP contribution in [0, 0.1) is 0 Å². The summed E-state index contributed by atoms with van der Waals surface area (Å²) in [6.45, 7) is 12.2. The van der Waals surface area contributed by atoms with Crippen molar-refractivity contribution in [1.29, 1.82) is 0 Å². The summed E-state index contributed by atoms with van der Waals surface area (Å²) in [6, 6.07) is 8.85. The molecule has 0 radical (unpaired) electrons. The van der Waals surface area contributed by atoms with Gasteiger partial charge < -0.3 is 5.32 Å². The van der Waals surface area contributed by atoms with Crippen molar-refractivity contribution in [2.24, 2.45) is 0 Å². The molecule has 1 heterocycles. The molecule has 0 fully saturated rings. The van der Waals surface area contributed by atoms with Crippen LogP contribution in [0.3, 0.4) is 0 Å². The van der Waals surface area contributed by atoms with E-state index in [1.54, 1.807) is 5.56 Å². The summed E-state index contributed by atoms with van der Waals surface area (Å²) >= 11 is 1.95. The van der Waals surface area contributed by atoms with Crippen molar-refractivity contribution in [3.8, 4) is 0 Å². The topological polar surface area (TPSA) is 15.3 Å². The van der Waals surface area contributed by atoms with E-state index < -0.39 is 0 Å². The minimum Gasteiger partial charge on any atom is -0.312 e. The fourth-order valence-electron chi connectivity index (χ4n) is 2.83. The van der Waals surface area contributed by atoms with Crippen LogP contribution in [0.25, 0.3) is 10.1 Å². The third-order valence-electron chi connectivity index (χ3n) is 3.78. The largest absolute Gasteiger partial charge is 0.312 e. The highest BCUT2D eigenvalue weighted by molar-refractivity contribution is 7.19. The van der Waals surface area contributed by atoms with E-state index in [2.05, 4.69) is 55.3 Å². The monoisotopic (exact) mass is 304 g/mol. The van der Waals surface area contributed by atoms with Gasteiger partial charge in [-0.1, -0.05) is 39.0 Å². The summed E-state index contributed by atoms with van der Waals surface area (Å²) in [4.78, 5) is 4.11. The molecule has 0 atom stereocenters. The first-order valence-corrected chi connectivity index (χ1v) is 9.04. The van der Waals surface area contributed by atoms with E-state index in [0.717, 1.165) is 19.6 Å². The average molecular weight is 305 g/mol. The number of thiophene rings is 1. The van der Waals surface area contributed by atoms with E-state index in [4.69, 9.17) is 0 Å². The Morgan fingerprint density at radius 1 is 1.05 bits per heavy atom. The molecular weight excluding hydrogens is 276 g/mol. The molecular formula is C18H28N2S. The fourth-order valence-corrected chi connectivity index (χ4v) is 4.02. The van der Waals surface area contributed by atoms with E-state index in [0.29, 0.717) is 0 Å². The Kier molecular flexibility index (Phi) is 6.68. The summed E-state index contributed by atoms with van der Waals surface area (Å²) in [6.07, 6.45) is 2.45. The van der Waals surface area contributed by atoms with Gasteiger partial charge in [0.25, 0.3) is 0 Å². The van der Waals surface area contributed by atoms with E-state index in [1.165, 1.54) is 40.9 Å². The molecule has 0 aliphatic rings. The molecule has 1 aromatic heterocycles. The second-order valence-corrected chi connectivity index (χ2v) is 6.69. The molecule has 0 bridgehead atoms. The number of nitrogens with one attached hydrogen (secondary N) is 1. The molecule has 21 heavy (non-hydrogen) atoms. The van der Waals surface area contributed by atoms with Crippen LogP contribution in [0.4, 0.5) is 0 Å². The highest BCUT2D eigenvalue weighted by Crippen LogP contribution is 2.32. The Labute approximate surface area is 133 Å². The highest BCUT2D eigenvalue weighted by Gasteiger charge is 2.14. The zero-order valence-electron chi connectivity index (χ0n) is 13.6. The molecule has 1 N–H and O–H groups in total. The molecule has 0 unspecified atom stereocenters. The lowest BCUT2D eigenvalue weighted by Crippen LogP contribution is -2.25. The van der Waals surface area contributed by atoms with E-state index in [-0.39, 0.29) is 0 Å². The van der Waals surface area contributed by atoms with Crippen LogP contribution >= 0.6 is 11.3 Å². The first-order chi connectivity index (χ1) is 10.3. The van der Waals surface area contributed by atoms with Crippen molar-refractivity contribution in [1.82, 2.24) is 10.2 Å². The van der Waals surface area contributed by atoms with Gasteiger partial charge in [-0.15, -0.1) is 11.3 Å². The van der Waals surface area contributed by atoms with Crippen molar-refractivity contribution >= 4 is 21.4 Å². The van der Waals surface area contributed by atoms with Crippen LogP contribution in [0.2, 0.25) is 0 Å². The minimum absolute atomic E-state index is 0.997. The molecule has 116 valence electrons. The predicted molar refractivity (Wildman–Crippen MR) is 95.1 cm³/mol. The normalized spacial score (nSPS) is 11.6. The van der Waals surface area contributed by atoms with Gasteiger partial charge in [-0.25, -0.2) is 0 Å². The number of benzene rings is 1. The lowest BCUT2D eigenvalue weighted by Gasteiger charge is -2.21. The molecule has 0 aliphatic heterocycles. The number of hydrogen-bond acceptors (Lipinski definition) is 3. The lowest BCUT2D eigenvalue weighted by molar-refractivity contribution is 0.267. The summed E-state index contributed by atoms with van der Waals surface area (Å²) in [5.41, 5.74) is 1.54. The van der Waals surface area contributed by atoms with Crippen LogP contribution < -0.4 is 5.32 Å². The number of nitrogens with zero attached hydrogens (tertiary/aromatic N) is 1. The number of hydrogen-bond donors (Lipinski definition) is 1. The summed E-state index contributed by atoms with van der Waals surface area (Å²) in [5.74, 6) is 0. The third kappa shape index (κ3) is 4.29. The van der Waals surface area contributed by atoms with Crippen LogP contribution in [0.5, 0.6) is 0 Å². The Morgan fingerprint density at radius 3 is 2.43 bits per heavy atom. The molecule has 0 saturated heterocycles. The predicted octanol–water partition coefficient (Wildman–Crippen LogP) is 4.63. The average Bonchev–Trinajstić information content (AvgIpc) is 2.84. The SMILES string of the molecule is CCCN(CCC)Cc1c(CNCC)sc2ccccc12. The Balaban J connectivity index is 2.29. The summed E-state index contributed by atoms with van der Waals surface area (Å²) < 4.78 is 1.42. The third-order valence-corrected chi connectivity index (χ3v) is 4.99.